The van der Waals surface area contributed by atoms with Gasteiger partial charge < -0.3 is 4.57 Å². The third kappa shape index (κ3) is 4.44. The molecule has 250 valence electrons. The smallest absolute Gasteiger partial charge is 0.165 e. The standard InChI is InChI=1S/C48H32N4S/c1-48(2)38-22-9-6-16-31(38)35-19-13-24-40(43(35)48)52-39-23-10-7-17-32(39)33-27-26-30(28-41(33)52)46-49-45(29-14-4-3-5-15-29)50-47(51-46)37-21-12-20-36-34-18-8-11-25-42(34)53-44(36)37/h3-28H,1-2H3. The maximum atomic E-state index is 5.27. The molecule has 0 saturated carbocycles. The molecule has 4 nitrogen and oxygen atoms in total. The molecule has 7 aromatic carbocycles. The Morgan fingerprint density at radius 2 is 1.11 bits per heavy atom. The summed E-state index contributed by atoms with van der Waals surface area (Å²) in [6, 6.07) is 56.3. The molecule has 0 aliphatic heterocycles. The quantitative estimate of drug-likeness (QED) is 0.184. The molecule has 0 amide bonds. The summed E-state index contributed by atoms with van der Waals surface area (Å²) in [5.74, 6) is 1.98. The first-order chi connectivity index (χ1) is 26.0. The summed E-state index contributed by atoms with van der Waals surface area (Å²) in [7, 11) is 0. The summed E-state index contributed by atoms with van der Waals surface area (Å²) >= 11 is 1.79. The molecule has 0 bridgehead atoms. The SMILES string of the molecule is CC1(C)c2ccccc2-c2cccc(-n3c4ccccc4c4ccc(-c5nc(-c6ccccc6)nc(-c6cccc7c6sc6ccccc67)n5)cc43)c21. The van der Waals surface area contributed by atoms with E-state index >= 15 is 0 Å². The van der Waals surface area contributed by atoms with Gasteiger partial charge in [0.2, 0.25) is 0 Å². The lowest BCUT2D eigenvalue weighted by Crippen LogP contribution is -2.18. The van der Waals surface area contributed by atoms with E-state index in [0.717, 1.165) is 22.2 Å². The molecule has 3 heterocycles. The molecule has 0 radical (unpaired) electrons. The third-order valence-corrected chi connectivity index (χ3v) is 12.3. The summed E-state index contributed by atoms with van der Waals surface area (Å²) in [6.45, 7) is 4.71. The Bertz CT molecular complexity index is 3100. The summed E-state index contributed by atoms with van der Waals surface area (Å²) < 4.78 is 4.89. The van der Waals surface area contributed by atoms with Gasteiger partial charge in [0.15, 0.2) is 17.5 Å². The fourth-order valence-corrected chi connectivity index (χ4v) is 9.85. The first kappa shape index (κ1) is 30.2. The van der Waals surface area contributed by atoms with Gasteiger partial charge in [-0.2, -0.15) is 0 Å². The minimum Gasteiger partial charge on any atom is -0.309 e. The van der Waals surface area contributed by atoms with Crippen LogP contribution in [0.2, 0.25) is 0 Å². The first-order valence-electron chi connectivity index (χ1n) is 18.0. The van der Waals surface area contributed by atoms with Gasteiger partial charge in [0.05, 0.1) is 16.7 Å². The number of fused-ring (bicyclic) bond motifs is 9. The van der Waals surface area contributed by atoms with Crippen molar-refractivity contribution in [2.45, 2.75) is 19.3 Å². The van der Waals surface area contributed by atoms with Crippen LogP contribution in [0.15, 0.2) is 158 Å². The lowest BCUT2D eigenvalue weighted by molar-refractivity contribution is 0.656. The molecule has 0 saturated heterocycles. The number of para-hydroxylation sites is 1. The molecule has 0 fully saturated rings. The second-order valence-corrected chi connectivity index (χ2v) is 15.5. The normalized spacial score (nSPS) is 13.2. The Hall–Kier alpha value is -6.43. The predicted molar refractivity (Wildman–Crippen MR) is 221 cm³/mol. The molecule has 0 spiro atoms. The van der Waals surface area contributed by atoms with Crippen LogP contribution < -0.4 is 0 Å². The maximum absolute atomic E-state index is 5.27. The molecule has 10 aromatic rings. The molecule has 0 atom stereocenters. The lowest BCUT2D eigenvalue weighted by Gasteiger charge is -2.25. The van der Waals surface area contributed by atoms with Crippen LogP contribution in [0.4, 0.5) is 0 Å². The van der Waals surface area contributed by atoms with E-state index in [1.54, 1.807) is 11.3 Å². The number of rotatable bonds is 4. The Kier molecular flexibility index (Phi) is 6.43. The predicted octanol–water partition coefficient (Wildman–Crippen LogP) is 12.6. The van der Waals surface area contributed by atoms with Gasteiger partial charge in [-0.15, -0.1) is 11.3 Å². The molecule has 11 rings (SSSR count). The molecule has 1 aliphatic rings. The Labute approximate surface area is 310 Å². The second kappa shape index (κ2) is 11.3. The summed E-state index contributed by atoms with van der Waals surface area (Å²) in [5.41, 5.74) is 11.6. The Morgan fingerprint density at radius 3 is 2.00 bits per heavy atom. The van der Waals surface area contributed by atoms with Crippen LogP contribution in [-0.2, 0) is 5.41 Å². The zero-order chi connectivity index (χ0) is 35.3. The zero-order valence-electron chi connectivity index (χ0n) is 29.2. The number of benzene rings is 7. The molecule has 1 aliphatic carbocycles. The average molecular weight is 697 g/mol. The molecule has 0 unspecified atom stereocenters. The number of hydrogen-bond acceptors (Lipinski definition) is 4. The van der Waals surface area contributed by atoms with Crippen LogP contribution in [0.5, 0.6) is 0 Å². The fourth-order valence-electron chi connectivity index (χ4n) is 8.64. The number of nitrogens with zero attached hydrogens (tertiary/aromatic N) is 4. The van der Waals surface area contributed by atoms with E-state index in [2.05, 4.69) is 158 Å². The summed E-state index contributed by atoms with van der Waals surface area (Å²) in [4.78, 5) is 15.6. The van der Waals surface area contributed by atoms with Crippen molar-refractivity contribution >= 4 is 53.3 Å². The topological polar surface area (TPSA) is 43.6 Å². The summed E-state index contributed by atoms with van der Waals surface area (Å²) in [5, 5.41) is 4.89. The molecule has 53 heavy (non-hydrogen) atoms. The minimum absolute atomic E-state index is 0.168. The molecular formula is C48H32N4S. The second-order valence-electron chi connectivity index (χ2n) is 14.4. The van der Waals surface area contributed by atoms with Crippen LogP contribution >= 0.6 is 11.3 Å². The Balaban J connectivity index is 1.17. The van der Waals surface area contributed by atoms with Crippen LogP contribution in [0.3, 0.4) is 0 Å². The van der Waals surface area contributed by atoms with Crippen molar-refractivity contribution in [1.82, 2.24) is 19.5 Å². The van der Waals surface area contributed by atoms with Gasteiger partial charge in [0.25, 0.3) is 0 Å². The van der Waals surface area contributed by atoms with E-state index in [-0.39, 0.29) is 5.41 Å². The van der Waals surface area contributed by atoms with Crippen molar-refractivity contribution in [3.05, 3.63) is 169 Å². The van der Waals surface area contributed by atoms with Crippen molar-refractivity contribution in [1.29, 1.82) is 0 Å². The largest absolute Gasteiger partial charge is 0.309 e. The van der Waals surface area contributed by atoms with Crippen LogP contribution in [0.25, 0.3) is 93.0 Å². The van der Waals surface area contributed by atoms with Gasteiger partial charge in [-0.05, 0) is 52.6 Å². The van der Waals surface area contributed by atoms with Crippen molar-refractivity contribution in [2.75, 3.05) is 0 Å². The Morgan fingerprint density at radius 1 is 0.472 bits per heavy atom. The van der Waals surface area contributed by atoms with Gasteiger partial charge in [0.1, 0.15) is 0 Å². The van der Waals surface area contributed by atoms with E-state index in [4.69, 9.17) is 15.0 Å². The molecule has 3 aromatic heterocycles. The number of thiophene rings is 1. The number of hydrogen-bond donors (Lipinski definition) is 0. The monoisotopic (exact) mass is 696 g/mol. The van der Waals surface area contributed by atoms with Crippen molar-refractivity contribution < 1.29 is 0 Å². The van der Waals surface area contributed by atoms with Gasteiger partial charge in [-0.25, -0.2) is 15.0 Å². The van der Waals surface area contributed by atoms with Crippen molar-refractivity contribution in [3.63, 3.8) is 0 Å². The highest BCUT2D eigenvalue weighted by Gasteiger charge is 2.38. The molecule has 5 heteroatoms. The van der Waals surface area contributed by atoms with E-state index in [1.807, 2.05) is 18.2 Å². The highest BCUT2D eigenvalue weighted by molar-refractivity contribution is 7.26. The van der Waals surface area contributed by atoms with Gasteiger partial charge >= 0.3 is 0 Å². The van der Waals surface area contributed by atoms with E-state index < -0.39 is 0 Å². The van der Waals surface area contributed by atoms with E-state index in [1.165, 1.54) is 64.4 Å². The minimum atomic E-state index is -0.168. The highest BCUT2D eigenvalue weighted by Crippen LogP contribution is 2.52. The van der Waals surface area contributed by atoms with Crippen molar-refractivity contribution in [3.8, 4) is 51.0 Å². The molecule has 0 N–H and O–H groups in total. The van der Waals surface area contributed by atoms with Gasteiger partial charge in [0, 0.05) is 53.1 Å². The van der Waals surface area contributed by atoms with Gasteiger partial charge in [-0.1, -0.05) is 141 Å². The number of aromatic nitrogens is 4. The van der Waals surface area contributed by atoms with E-state index in [0.29, 0.717) is 17.5 Å². The zero-order valence-corrected chi connectivity index (χ0v) is 30.0. The first-order valence-corrected chi connectivity index (χ1v) is 18.9. The average Bonchev–Trinajstić information content (AvgIpc) is 3.83. The fraction of sp³-hybridized carbons (Fsp3) is 0.0625. The maximum Gasteiger partial charge on any atom is 0.165 e. The molecular weight excluding hydrogens is 665 g/mol. The van der Waals surface area contributed by atoms with Crippen molar-refractivity contribution in [2.24, 2.45) is 0 Å². The van der Waals surface area contributed by atoms with Crippen LogP contribution in [0.1, 0.15) is 25.0 Å². The van der Waals surface area contributed by atoms with Gasteiger partial charge in [-0.3, -0.25) is 0 Å². The van der Waals surface area contributed by atoms with E-state index in [9.17, 15) is 0 Å². The lowest BCUT2D eigenvalue weighted by atomic mass is 9.81. The van der Waals surface area contributed by atoms with Crippen LogP contribution in [-0.4, -0.2) is 19.5 Å². The third-order valence-electron chi connectivity index (χ3n) is 11.0. The highest BCUT2D eigenvalue weighted by atomic mass is 32.1. The summed E-state index contributed by atoms with van der Waals surface area (Å²) in [6.07, 6.45) is 0. The van der Waals surface area contributed by atoms with Crippen LogP contribution in [0, 0.1) is 0 Å².